The van der Waals surface area contributed by atoms with Gasteiger partial charge in [-0.2, -0.15) is 0 Å². The number of hydrogen-bond donors (Lipinski definition) is 0. The van der Waals surface area contributed by atoms with Gasteiger partial charge >= 0.3 is 0 Å². The van der Waals surface area contributed by atoms with Gasteiger partial charge in [-0.3, -0.25) is 9.97 Å². The van der Waals surface area contributed by atoms with Gasteiger partial charge in [-0.05, 0) is 48.7 Å². The zero-order valence-corrected chi connectivity index (χ0v) is 25.6. The summed E-state index contributed by atoms with van der Waals surface area (Å²) in [5.41, 5.74) is 7.35. The van der Waals surface area contributed by atoms with E-state index in [1.165, 1.54) is 0 Å². The van der Waals surface area contributed by atoms with Crippen LogP contribution in [0.2, 0.25) is 0 Å². The van der Waals surface area contributed by atoms with E-state index < -0.39 is 0 Å². The number of rotatable bonds is 5. The Labute approximate surface area is 256 Å². The first-order valence-corrected chi connectivity index (χ1v) is 14.7. The standard InChI is InChI=1S/C32H25N5.C4H8.C2H6/c1-37-31(26-8-3-2-4-9-26)35-30(25-16-14-24(15-17-25)29-11-5-6-21-34-29)36-32(37)27-18-12-23(13-19-27)28-10-7-20-33-22-28;1-3-4-2;1-2/h2-22,32H,1H3;3-4H,1-2H3;1-2H3/b;4-3-;. The molecule has 0 spiro atoms. The predicted molar refractivity (Wildman–Crippen MR) is 181 cm³/mol. The van der Waals surface area contributed by atoms with Gasteiger partial charge in [-0.15, -0.1) is 0 Å². The van der Waals surface area contributed by atoms with E-state index in [0.717, 1.165) is 44.9 Å². The Kier molecular flexibility index (Phi) is 11.3. The van der Waals surface area contributed by atoms with Crippen LogP contribution < -0.4 is 0 Å². The van der Waals surface area contributed by atoms with Gasteiger partial charge in [0.25, 0.3) is 0 Å². The van der Waals surface area contributed by atoms with Crippen LogP contribution in [0.5, 0.6) is 0 Å². The lowest BCUT2D eigenvalue weighted by Gasteiger charge is -2.32. The Bertz CT molecular complexity index is 1620. The minimum Gasteiger partial charge on any atom is -0.333 e. The van der Waals surface area contributed by atoms with Crippen molar-refractivity contribution in [1.82, 2.24) is 14.9 Å². The summed E-state index contributed by atoms with van der Waals surface area (Å²) in [5, 5.41) is 0. The van der Waals surface area contributed by atoms with Crippen LogP contribution in [0, 0.1) is 0 Å². The second kappa shape index (κ2) is 15.7. The van der Waals surface area contributed by atoms with E-state index in [9.17, 15) is 0 Å². The lowest BCUT2D eigenvalue weighted by atomic mass is 10.0. The molecule has 0 fully saturated rings. The molecule has 43 heavy (non-hydrogen) atoms. The highest BCUT2D eigenvalue weighted by atomic mass is 15.3. The van der Waals surface area contributed by atoms with Crippen molar-refractivity contribution in [2.24, 2.45) is 9.98 Å². The molecule has 5 nitrogen and oxygen atoms in total. The maximum atomic E-state index is 5.11. The molecular weight excluding hydrogens is 526 g/mol. The molecule has 0 N–H and O–H groups in total. The number of aromatic nitrogens is 2. The summed E-state index contributed by atoms with van der Waals surface area (Å²) in [5.74, 6) is 1.60. The largest absolute Gasteiger partial charge is 0.333 e. The van der Waals surface area contributed by atoms with Crippen LogP contribution in [0.3, 0.4) is 0 Å². The van der Waals surface area contributed by atoms with Crippen molar-refractivity contribution in [2.75, 3.05) is 7.05 Å². The number of amidine groups is 2. The van der Waals surface area contributed by atoms with Gasteiger partial charge in [0.15, 0.2) is 5.84 Å². The summed E-state index contributed by atoms with van der Waals surface area (Å²) in [7, 11) is 2.05. The molecule has 3 heterocycles. The van der Waals surface area contributed by atoms with Gasteiger partial charge in [-0.25, -0.2) is 9.98 Å². The van der Waals surface area contributed by atoms with E-state index in [1.54, 1.807) is 6.20 Å². The molecule has 5 heteroatoms. The SMILES string of the molecule is C/C=C\C.CC.CN1C(c2ccccc2)=NC(c2ccc(-c3ccccn3)cc2)=NC1c1ccc(-c2cccnc2)cc1. The minimum absolute atomic E-state index is 0.207. The Morgan fingerprint density at radius 1 is 0.605 bits per heavy atom. The van der Waals surface area contributed by atoms with Gasteiger partial charge in [0.1, 0.15) is 12.0 Å². The summed E-state index contributed by atoms with van der Waals surface area (Å²) >= 11 is 0. The molecule has 5 aromatic rings. The number of aliphatic imine (C=N–C) groups is 2. The highest BCUT2D eigenvalue weighted by Crippen LogP contribution is 2.30. The molecule has 3 aromatic carbocycles. The topological polar surface area (TPSA) is 53.7 Å². The highest BCUT2D eigenvalue weighted by molar-refractivity contribution is 6.13. The van der Waals surface area contributed by atoms with Gasteiger partial charge in [0.05, 0.1) is 5.69 Å². The molecule has 0 saturated carbocycles. The highest BCUT2D eigenvalue weighted by Gasteiger charge is 2.26. The fraction of sp³-hybridized carbons (Fsp3) is 0.158. The number of hydrogen-bond acceptors (Lipinski definition) is 5. The van der Waals surface area contributed by atoms with Crippen molar-refractivity contribution in [1.29, 1.82) is 0 Å². The Balaban J connectivity index is 0.000000653. The maximum Gasteiger partial charge on any atom is 0.159 e. The lowest BCUT2D eigenvalue weighted by molar-refractivity contribution is 0.383. The fourth-order valence-corrected chi connectivity index (χ4v) is 4.52. The quantitative estimate of drug-likeness (QED) is 0.200. The Morgan fingerprint density at radius 2 is 1.23 bits per heavy atom. The number of nitrogens with zero attached hydrogens (tertiary/aromatic N) is 5. The zero-order chi connectivity index (χ0) is 30.4. The van der Waals surface area contributed by atoms with Gasteiger partial charge < -0.3 is 4.90 Å². The molecule has 1 aliphatic heterocycles. The molecule has 0 radical (unpaired) electrons. The monoisotopic (exact) mass is 565 g/mol. The first kappa shape index (κ1) is 30.8. The molecule has 1 aliphatic rings. The summed E-state index contributed by atoms with van der Waals surface area (Å²) in [6.07, 6.45) is 9.27. The fourth-order valence-electron chi connectivity index (χ4n) is 4.52. The molecule has 0 bridgehead atoms. The van der Waals surface area contributed by atoms with Crippen molar-refractivity contribution >= 4 is 11.7 Å². The molecular formula is C38H39N5. The third kappa shape index (κ3) is 7.77. The molecule has 0 amide bonds. The Hall–Kier alpha value is -5.16. The summed E-state index contributed by atoms with van der Waals surface area (Å²) < 4.78 is 0. The van der Waals surface area contributed by atoms with Gasteiger partial charge in [0.2, 0.25) is 0 Å². The van der Waals surface area contributed by atoms with Crippen molar-refractivity contribution in [3.8, 4) is 22.4 Å². The second-order valence-corrected chi connectivity index (χ2v) is 9.56. The van der Waals surface area contributed by atoms with E-state index in [2.05, 4.69) is 88.6 Å². The summed E-state index contributed by atoms with van der Waals surface area (Å²) in [6.45, 7) is 8.00. The predicted octanol–water partition coefficient (Wildman–Crippen LogP) is 9.26. The minimum atomic E-state index is -0.207. The van der Waals surface area contributed by atoms with Crippen molar-refractivity contribution < 1.29 is 0 Å². The van der Waals surface area contributed by atoms with Gasteiger partial charge in [0, 0.05) is 42.3 Å². The average molecular weight is 566 g/mol. The van der Waals surface area contributed by atoms with Crippen LogP contribution in [0.1, 0.15) is 50.6 Å². The zero-order valence-electron chi connectivity index (χ0n) is 25.6. The van der Waals surface area contributed by atoms with Crippen LogP contribution in [-0.2, 0) is 0 Å². The van der Waals surface area contributed by atoms with Crippen molar-refractivity contribution in [3.05, 3.63) is 157 Å². The smallest absolute Gasteiger partial charge is 0.159 e. The van der Waals surface area contributed by atoms with E-state index >= 15 is 0 Å². The summed E-state index contributed by atoms with van der Waals surface area (Å²) in [6, 6.07) is 37.1. The average Bonchev–Trinajstić information content (AvgIpc) is 3.11. The molecule has 1 unspecified atom stereocenters. The maximum absolute atomic E-state index is 5.11. The van der Waals surface area contributed by atoms with Crippen LogP contribution in [0.25, 0.3) is 22.4 Å². The third-order valence-electron chi connectivity index (χ3n) is 6.83. The van der Waals surface area contributed by atoms with Crippen LogP contribution in [-0.4, -0.2) is 33.6 Å². The summed E-state index contributed by atoms with van der Waals surface area (Å²) in [4.78, 5) is 21.0. The van der Waals surface area contributed by atoms with Crippen LogP contribution in [0.4, 0.5) is 0 Å². The van der Waals surface area contributed by atoms with Crippen molar-refractivity contribution in [2.45, 2.75) is 33.9 Å². The van der Waals surface area contributed by atoms with E-state index in [1.807, 2.05) is 94.7 Å². The molecule has 0 aliphatic carbocycles. The number of benzene rings is 3. The second-order valence-electron chi connectivity index (χ2n) is 9.56. The first-order chi connectivity index (χ1) is 21.2. The molecule has 2 aromatic heterocycles. The molecule has 0 saturated heterocycles. The normalized spacial score (nSPS) is 14.1. The van der Waals surface area contributed by atoms with Crippen LogP contribution >= 0.6 is 0 Å². The molecule has 6 rings (SSSR count). The van der Waals surface area contributed by atoms with Crippen molar-refractivity contribution in [3.63, 3.8) is 0 Å². The van der Waals surface area contributed by atoms with Crippen LogP contribution in [0.15, 0.2) is 150 Å². The third-order valence-corrected chi connectivity index (χ3v) is 6.83. The van der Waals surface area contributed by atoms with Gasteiger partial charge in [-0.1, -0.05) is 117 Å². The van der Waals surface area contributed by atoms with E-state index in [4.69, 9.17) is 9.98 Å². The Morgan fingerprint density at radius 3 is 1.84 bits per heavy atom. The number of allylic oxidation sites excluding steroid dienone is 2. The van der Waals surface area contributed by atoms with E-state index in [-0.39, 0.29) is 6.17 Å². The molecule has 216 valence electrons. The van der Waals surface area contributed by atoms with E-state index in [0.29, 0.717) is 5.84 Å². The lowest BCUT2D eigenvalue weighted by Crippen LogP contribution is -2.35. The molecule has 1 atom stereocenters. The number of pyridine rings is 2. The first-order valence-electron chi connectivity index (χ1n) is 14.7.